The predicted octanol–water partition coefficient (Wildman–Crippen LogP) is 2.86. The molecule has 0 atom stereocenters. The molecule has 146 valence electrons. The van der Waals surface area contributed by atoms with Gasteiger partial charge in [-0.1, -0.05) is 35.9 Å². The summed E-state index contributed by atoms with van der Waals surface area (Å²) >= 11 is 5.85. The molecule has 1 amide bonds. The number of ether oxygens (including phenoxy) is 1. The summed E-state index contributed by atoms with van der Waals surface area (Å²) in [6, 6.07) is 14.1. The standard InChI is InChI=1S/C19H23ClN2O4S/c1-3-26-18-7-5-4-6-17(18)22(27(2,24)25)14-19(23)21-13-12-15-8-10-16(20)11-9-15/h4-11H,3,12-14H2,1-2H3,(H,21,23). The lowest BCUT2D eigenvalue weighted by molar-refractivity contribution is -0.119. The Kier molecular flexibility index (Phi) is 7.50. The van der Waals surface area contributed by atoms with Crippen LogP contribution in [0.1, 0.15) is 12.5 Å². The van der Waals surface area contributed by atoms with Gasteiger partial charge in [0.1, 0.15) is 12.3 Å². The van der Waals surface area contributed by atoms with Gasteiger partial charge in [-0.15, -0.1) is 0 Å². The van der Waals surface area contributed by atoms with Gasteiger partial charge in [-0.25, -0.2) is 8.42 Å². The quantitative estimate of drug-likeness (QED) is 0.689. The molecule has 0 fully saturated rings. The maximum Gasteiger partial charge on any atom is 0.240 e. The smallest absolute Gasteiger partial charge is 0.240 e. The maximum absolute atomic E-state index is 12.3. The zero-order valence-electron chi connectivity index (χ0n) is 15.3. The van der Waals surface area contributed by atoms with Crippen molar-refractivity contribution in [3.05, 3.63) is 59.1 Å². The van der Waals surface area contributed by atoms with Crippen molar-refractivity contribution in [3.63, 3.8) is 0 Å². The lowest BCUT2D eigenvalue weighted by Crippen LogP contribution is -2.41. The fraction of sp³-hybridized carbons (Fsp3) is 0.316. The average molecular weight is 411 g/mol. The van der Waals surface area contributed by atoms with Crippen LogP contribution in [-0.4, -0.2) is 40.3 Å². The topological polar surface area (TPSA) is 75.7 Å². The summed E-state index contributed by atoms with van der Waals surface area (Å²) in [7, 11) is -3.66. The first kappa shape index (κ1) is 21.1. The van der Waals surface area contributed by atoms with Crippen LogP contribution in [0.4, 0.5) is 5.69 Å². The average Bonchev–Trinajstić information content (AvgIpc) is 2.61. The number of nitrogens with zero attached hydrogens (tertiary/aromatic N) is 1. The minimum atomic E-state index is -3.66. The number of sulfonamides is 1. The van der Waals surface area contributed by atoms with Crippen LogP contribution in [0.3, 0.4) is 0 Å². The van der Waals surface area contributed by atoms with Crippen molar-refractivity contribution in [3.8, 4) is 5.75 Å². The van der Waals surface area contributed by atoms with Crippen molar-refractivity contribution >= 4 is 33.2 Å². The molecule has 2 rings (SSSR count). The van der Waals surface area contributed by atoms with Gasteiger partial charge >= 0.3 is 0 Å². The Hall–Kier alpha value is -2.25. The molecule has 27 heavy (non-hydrogen) atoms. The lowest BCUT2D eigenvalue weighted by Gasteiger charge is -2.24. The monoisotopic (exact) mass is 410 g/mol. The minimum Gasteiger partial charge on any atom is -0.492 e. The van der Waals surface area contributed by atoms with Gasteiger partial charge in [-0.2, -0.15) is 0 Å². The van der Waals surface area contributed by atoms with E-state index in [1.165, 1.54) is 0 Å². The number of para-hydroxylation sites is 2. The van der Waals surface area contributed by atoms with Crippen molar-refractivity contribution in [2.24, 2.45) is 0 Å². The molecule has 8 heteroatoms. The Morgan fingerprint density at radius 3 is 2.44 bits per heavy atom. The van der Waals surface area contributed by atoms with E-state index >= 15 is 0 Å². The molecule has 1 N–H and O–H groups in total. The summed E-state index contributed by atoms with van der Waals surface area (Å²) in [4.78, 5) is 12.3. The fourth-order valence-corrected chi connectivity index (χ4v) is 3.49. The van der Waals surface area contributed by atoms with E-state index in [-0.39, 0.29) is 12.5 Å². The van der Waals surface area contributed by atoms with E-state index in [0.29, 0.717) is 36.0 Å². The number of rotatable bonds is 9. The third kappa shape index (κ3) is 6.45. The molecule has 0 unspecified atom stereocenters. The molecule has 0 aromatic heterocycles. The molecular formula is C19H23ClN2O4S. The van der Waals surface area contributed by atoms with E-state index in [2.05, 4.69) is 5.32 Å². The van der Waals surface area contributed by atoms with Gasteiger partial charge in [0.05, 0.1) is 18.6 Å². The zero-order valence-corrected chi connectivity index (χ0v) is 16.9. The highest BCUT2D eigenvalue weighted by Crippen LogP contribution is 2.29. The molecule has 6 nitrogen and oxygen atoms in total. The Morgan fingerprint density at radius 2 is 1.81 bits per heavy atom. The number of hydrogen-bond donors (Lipinski definition) is 1. The molecule has 0 saturated carbocycles. The summed E-state index contributed by atoms with van der Waals surface area (Å²) in [5.41, 5.74) is 1.37. The number of hydrogen-bond acceptors (Lipinski definition) is 4. The highest BCUT2D eigenvalue weighted by Gasteiger charge is 2.23. The van der Waals surface area contributed by atoms with Crippen LogP contribution in [0.5, 0.6) is 5.75 Å². The van der Waals surface area contributed by atoms with Gasteiger partial charge in [0.25, 0.3) is 0 Å². The summed E-state index contributed by atoms with van der Waals surface area (Å²) in [6.07, 6.45) is 1.69. The SMILES string of the molecule is CCOc1ccccc1N(CC(=O)NCCc1ccc(Cl)cc1)S(C)(=O)=O. The fourth-order valence-electron chi connectivity index (χ4n) is 2.51. The number of carbonyl (C=O) groups excluding carboxylic acids is 1. The normalized spacial score (nSPS) is 11.1. The lowest BCUT2D eigenvalue weighted by atomic mass is 10.1. The maximum atomic E-state index is 12.3. The number of nitrogens with one attached hydrogen (secondary N) is 1. The number of amides is 1. The molecule has 0 aliphatic rings. The second kappa shape index (κ2) is 9.62. The minimum absolute atomic E-state index is 0.316. The van der Waals surface area contributed by atoms with Crippen molar-refractivity contribution in [1.82, 2.24) is 5.32 Å². The number of benzene rings is 2. The molecule has 2 aromatic rings. The molecule has 0 spiro atoms. The van der Waals surface area contributed by atoms with Gasteiger partial charge < -0.3 is 10.1 Å². The predicted molar refractivity (Wildman–Crippen MR) is 108 cm³/mol. The highest BCUT2D eigenvalue weighted by atomic mass is 35.5. The Balaban J connectivity index is 2.04. The Labute approximate surface area is 165 Å². The molecule has 0 saturated heterocycles. The third-order valence-corrected chi connectivity index (χ3v) is 5.15. The molecule has 2 aromatic carbocycles. The number of carbonyl (C=O) groups is 1. The van der Waals surface area contributed by atoms with Crippen molar-refractivity contribution in [2.75, 3.05) is 30.3 Å². The van der Waals surface area contributed by atoms with Gasteiger partial charge in [-0.05, 0) is 43.2 Å². The van der Waals surface area contributed by atoms with Crippen LogP contribution in [-0.2, 0) is 21.2 Å². The van der Waals surface area contributed by atoms with E-state index < -0.39 is 10.0 Å². The zero-order chi connectivity index (χ0) is 19.9. The largest absolute Gasteiger partial charge is 0.492 e. The molecule has 0 aliphatic carbocycles. The van der Waals surface area contributed by atoms with Crippen molar-refractivity contribution in [2.45, 2.75) is 13.3 Å². The van der Waals surface area contributed by atoms with Crippen LogP contribution in [0.15, 0.2) is 48.5 Å². The van der Waals surface area contributed by atoms with Crippen LogP contribution in [0.25, 0.3) is 0 Å². The number of anilines is 1. The Morgan fingerprint density at radius 1 is 1.15 bits per heavy atom. The first-order chi connectivity index (χ1) is 12.8. The highest BCUT2D eigenvalue weighted by molar-refractivity contribution is 7.92. The second-order valence-corrected chi connectivity index (χ2v) is 8.24. The van der Waals surface area contributed by atoms with Crippen LogP contribution >= 0.6 is 11.6 Å². The van der Waals surface area contributed by atoms with Gasteiger partial charge in [0, 0.05) is 11.6 Å². The van der Waals surface area contributed by atoms with Crippen LogP contribution < -0.4 is 14.4 Å². The summed E-state index contributed by atoms with van der Waals surface area (Å²) in [5.74, 6) is 0.0279. The van der Waals surface area contributed by atoms with Crippen molar-refractivity contribution in [1.29, 1.82) is 0 Å². The second-order valence-electron chi connectivity index (χ2n) is 5.90. The molecule has 0 heterocycles. The Bertz CT molecular complexity index is 870. The van der Waals surface area contributed by atoms with E-state index in [1.807, 2.05) is 19.1 Å². The number of halogens is 1. The van der Waals surface area contributed by atoms with Crippen molar-refractivity contribution < 1.29 is 17.9 Å². The first-order valence-corrected chi connectivity index (χ1v) is 10.7. The summed E-state index contributed by atoms with van der Waals surface area (Å²) in [5, 5.41) is 3.40. The van der Waals surface area contributed by atoms with E-state index in [9.17, 15) is 13.2 Å². The third-order valence-electron chi connectivity index (χ3n) is 3.77. The summed E-state index contributed by atoms with van der Waals surface area (Å²) < 4.78 is 31.0. The van der Waals surface area contributed by atoms with E-state index in [1.54, 1.807) is 36.4 Å². The summed E-state index contributed by atoms with van der Waals surface area (Å²) in [6.45, 7) is 2.28. The van der Waals surface area contributed by atoms with Crippen LogP contribution in [0, 0.1) is 0 Å². The van der Waals surface area contributed by atoms with E-state index in [0.717, 1.165) is 16.1 Å². The van der Waals surface area contributed by atoms with Gasteiger partial charge in [0.2, 0.25) is 15.9 Å². The molecule has 0 radical (unpaired) electrons. The molecule has 0 bridgehead atoms. The van der Waals surface area contributed by atoms with Gasteiger partial charge in [-0.3, -0.25) is 9.10 Å². The van der Waals surface area contributed by atoms with Crippen LogP contribution in [0.2, 0.25) is 5.02 Å². The van der Waals surface area contributed by atoms with Gasteiger partial charge in [0.15, 0.2) is 0 Å². The van der Waals surface area contributed by atoms with E-state index in [4.69, 9.17) is 16.3 Å². The molecule has 0 aliphatic heterocycles. The first-order valence-electron chi connectivity index (χ1n) is 8.52. The molecular weight excluding hydrogens is 388 g/mol.